The molecule has 4 aliphatic carbocycles. The summed E-state index contributed by atoms with van der Waals surface area (Å²) in [5.74, 6) is -3.57. The van der Waals surface area contributed by atoms with Crippen LogP contribution < -0.4 is 0 Å². The van der Waals surface area contributed by atoms with Gasteiger partial charge < -0.3 is 24.8 Å². The van der Waals surface area contributed by atoms with E-state index in [4.69, 9.17) is 9.47 Å². The number of ether oxygens (including phenoxy) is 2. The van der Waals surface area contributed by atoms with Crippen LogP contribution in [0.4, 0.5) is 4.39 Å². The number of aliphatic hydroxyl groups excluding tert-OH is 3. The molecule has 8 unspecified atom stereocenters. The maximum absolute atomic E-state index is 17.2. The van der Waals surface area contributed by atoms with Gasteiger partial charge in [-0.25, -0.2) is 4.39 Å². The Kier molecular flexibility index (Phi) is 4.36. The smallest absolute Gasteiger partial charge is 0.219 e. The van der Waals surface area contributed by atoms with Crippen LogP contribution in [0.3, 0.4) is 0 Å². The minimum absolute atomic E-state index is 0.0717. The molecule has 0 spiro atoms. The van der Waals surface area contributed by atoms with E-state index in [1.54, 1.807) is 20.8 Å². The Balaban J connectivity index is 1.65. The van der Waals surface area contributed by atoms with Gasteiger partial charge in [-0.1, -0.05) is 13.0 Å². The molecule has 8 atom stereocenters. The van der Waals surface area contributed by atoms with Crippen molar-refractivity contribution in [2.75, 3.05) is 6.61 Å². The molecule has 1 saturated heterocycles. The van der Waals surface area contributed by atoms with Gasteiger partial charge in [0.2, 0.25) is 5.78 Å². The first-order chi connectivity index (χ1) is 14.8. The monoisotopic (exact) mass is 450 g/mol. The Hall–Kier alpha value is -1.61. The van der Waals surface area contributed by atoms with Crippen LogP contribution >= 0.6 is 0 Å². The lowest BCUT2D eigenvalue weighted by atomic mass is 9.44. The van der Waals surface area contributed by atoms with E-state index in [1.807, 2.05) is 6.92 Å². The maximum atomic E-state index is 17.2. The normalized spacial score (nSPS) is 51.2. The van der Waals surface area contributed by atoms with E-state index in [-0.39, 0.29) is 12.3 Å². The number of aliphatic hydroxyl groups is 3. The molecule has 0 aromatic rings. The zero-order chi connectivity index (χ0) is 23.5. The van der Waals surface area contributed by atoms with Gasteiger partial charge in [0.25, 0.3) is 0 Å². The van der Waals surface area contributed by atoms with E-state index in [2.05, 4.69) is 0 Å². The molecule has 0 amide bonds. The second-order valence-corrected chi connectivity index (χ2v) is 11.0. The Bertz CT molecular complexity index is 971. The van der Waals surface area contributed by atoms with Gasteiger partial charge in [0.15, 0.2) is 28.6 Å². The molecule has 3 saturated carbocycles. The average Bonchev–Trinajstić information content (AvgIpc) is 3.12. The lowest BCUT2D eigenvalue weighted by Crippen LogP contribution is -2.70. The van der Waals surface area contributed by atoms with Crippen LogP contribution in [-0.2, 0) is 19.1 Å². The number of carbonyl (C=O) groups excluding carboxylic acids is 2. The van der Waals surface area contributed by atoms with Crippen LogP contribution in [0.1, 0.15) is 53.4 Å². The first-order valence-electron chi connectivity index (χ1n) is 11.3. The van der Waals surface area contributed by atoms with Crippen molar-refractivity contribution in [3.63, 3.8) is 0 Å². The van der Waals surface area contributed by atoms with Crippen molar-refractivity contribution in [2.24, 2.45) is 22.7 Å². The van der Waals surface area contributed by atoms with Gasteiger partial charge in [-0.2, -0.15) is 0 Å². The summed E-state index contributed by atoms with van der Waals surface area (Å²) in [6.45, 7) is 6.15. The first kappa shape index (κ1) is 22.2. The molecule has 176 valence electrons. The van der Waals surface area contributed by atoms with Crippen molar-refractivity contribution in [1.82, 2.24) is 0 Å². The number of halogens is 1. The Morgan fingerprint density at radius 2 is 1.94 bits per heavy atom. The van der Waals surface area contributed by atoms with Gasteiger partial charge in [0.1, 0.15) is 6.61 Å². The van der Waals surface area contributed by atoms with Gasteiger partial charge in [-0.15, -0.1) is 0 Å². The van der Waals surface area contributed by atoms with Crippen LogP contribution in [0, 0.1) is 22.7 Å². The minimum atomic E-state index is -2.15. The van der Waals surface area contributed by atoms with Crippen LogP contribution in [0.2, 0.25) is 0 Å². The molecule has 32 heavy (non-hydrogen) atoms. The number of fused-ring (bicyclic) bond motifs is 7. The van der Waals surface area contributed by atoms with Gasteiger partial charge in [0.05, 0.1) is 12.2 Å². The highest BCUT2D eigenvalue weighted by Gasteiger charge is 2.80. The van der Waals surface area contributed by atoms with Crippen molar-refractivity contribution in [3.8, 4) is 0 Å². The third-order valence-electron chi connectivity index (χ3n) is 9.32. The fraction of sp³-hybridized carbons (Fsp3) is 0.750. The van der Waals surface area contributed by atoms with Crippen LogP contribution in [0.25, 0.3) is 0 Å². The minimum Gasteiger partial charge on any atom is -0.504 e. The van der Waals surface area contributed by atoms with Crippen molar-refractivity contribution in [2.45, 2.75) is 82.6 Å². The van der Waals surface area contributed by atoms with E-state index < -0.39 is 69.9 Å². The lowest BCUT2D eigenvalue weighted by Gasteiger charge is -2.62. The van der Waals surface area contributed by atoms with Gasteiger partial charge in [-0.3, -0.25) is 9.59 Å². The second-order valence-electron chi connectivity index (χ2n) is 11.0. The molecule has 1 heterocycles. The summed E-state index contributed by atoms with van der Waals surface area (Å²) in [5, 5.41) is 31.6. The number of carbonyl (C=O) groups is 2. The summed E-state index contributed by atoms with van der Waals surface area (Å²) < 4.78 is 29.5. The van der Waals surface area contributed by atoms with E-state index in [1.165, 1.54) is 12.2 Å². The maximum Gasteiger partial charge on any atom is 0.219 e. The molecule has 8 heteroatoms. The van der Waals surface area contributed by atoms with Crippen LogP contribution in [0.5, 0.6) is 0 Å². The fourth-order valence-corrected chi connectivity index (χ4v) is 8.04. The summed E-state index contributed by atoms with van der Waals surface area (Å²) in [6.07, 6.45) is 1.42. The lowest BCUT2D eigenvalue weighted by molar-refractivity contribution is -0.246. The van der Waals surface area contributed by atoms with Crippen molar-refractivity contribution < 1.29 is 38.8 Å². The fourth-order valence-electron chi connectivity index (χ4n) is 8.04. The Morgan fingerprint density at radius 3 is 2.59 bits per heavy atom. The summed E-state index contributed by atoms with van der Waals surface area (Å²) in [5.41, 5.74) is -5.61. The largest absolute Gasteiger partial charge is 0.504 e. The molecule has 1 aliphatic heterocycles. The summed E-state index contributed by atoms with van der Waals surface area (Å²) in [7, 11) is 0. The van der Waals surface area contributed by atoms with Crippen LogP contribution in [0.15, 0.2) is 23.5 Å². The summed E-state index contributed by atoms with van der Waals surface area (Å²) in [4.78, 5) is 25.2. The summed E-state index contributed by atoms with van der Waals surface area (Å²) >= 11 is 0. The molecule has 5 aliphatic rings. The molecule has 0 aromatic carbocycles. The number of hydrogen-bond donors (Lipinski definition) is 3. The van der Waals surface area contributed by atoms with E-state index in [0.717, 1.165) is 0 Å². The highest BCUT2D eigenvalue weighted by molar-refractivity contribution is 6.04. The molecule has 5 rings (SSSR count). The standard InChI is InChI=1S/C24H31FO7/c1-20(2)31-18-9-14-12-5-6-13-19(30)15(27)7-8-21(13,3)23(12,25)16(28)10-22(14,4)24(18,32-20)17(29)11-26/h7-8,12,14,16,18,26,28,30H,5-6,9-11H2,1-4H3. The zero-order valence-electron chi connectivity index (χ0n) is 18.9. The quantitative estimate of drug-likeness (QED) is 0.592. The molecule has 3 N–H and O–H groups in total. The van der Waals surface area contributed by atoms with Crippen LogP contribution in [-0.4, -0.2) is 62.8 Å². The van der Waals surface area contributed by atoms with Gasteiger partial charge >= 0.3 is 0 Å². The summed E-state index contributed by atoms with van der Waals surface area (Å²) in [6, 6.07) is 0. The molecule has 0 bridgehead atoms. The number of alkyl halides is 1. The molecule has 7 nitrogen and oxygen atoms in total. The molecule has 4 fully saturated rings. The molecule has 0 radical (unpaired) electrons. The predicted octanol–water partition coefficient (Wildman–Crippen LogP) is 2.30. The average molecular weight is 451 g/mol. The third kappa shape index (κ3) is 2.25. The number of ketones is 2. The van der Waals surface area contributed by atoms with E-state index in [9.17, 15) is 24.9 Å². The zero-order valence-corrected chi connectivity index (χ0v) is 18.9. The SMILES string of the molecule is CC1(C)OC2CC3C4CCC5=C(O)C(=O)C=CC5(C)C4(F)C(O)CC3(C)C2(C(=O)CO)O1. The van der Waals surface area contributed by atoms with E-state index in [0.29, 0.717) is 24.8 Å². The first-order valence-corrected chi connectivity index (χ1v) is 11.3. The second kappa shape index (κ2) is 6.29. The Morgan fingerprint density at radius 1 is 1.25 bits per heavy atom. The number of allylic oxidation sites excluding steroid dienone is 3. The number of hydrogen-bond acceptors (Lipinski definition) is 7. The Labute approximate surface area is 186 Å². The predicted molar refractivity (Wildman–Crippen MR) is 110 cm³/mol. The topological polar surface area (TPSA) is 113 Å². The van der Waals surface area contributed by atoms with Gasteiger partial charge in [0, 0.05) is 16.7 Å². The molecular formula is C24H31FO7. The van der Waals surface area contributed by atoms with Crippen molar-refractivity contribution in [1.29, 1.82) is 0 Å². The van der Waals surface area contributed by atoms with Gasteiger partial charge in [-0.05, 0) is 64.0 Å². The highest BCUT2D eigenvalue weighted by Crippen LogP contribution is 2.72. The molecule has 0 aromatic heterocycles. The highest BCUT2D eigenvalue weighted by atomic mass is 19.1. The number of Topliss-reactive ketones (excluding diaryl/α,β-unsaturated/α-hetero) is 1. The number of rotatable bonds is 2. The third-order valence-corrected chi connectivity index (χ3v) is 9.32. The van der Waals surface area contributed by atoms with E-state index >= 15 is 4.39 Å². The van der Waals surface area contributed by atoms with Crippen molar-refractivity contribution >= 4 is 11.6 Å². The molecular weight excluding hydrogens is 419 g/mol. The van der Waals surface area contributed by atoms with Crippen molar-refractivity contribution in [3.05, 3.63) is 23.5 Å².